The fourth-order valence-electron chi connectivity index (χ4n) is 6.55. The molecule has 2 aliphatic heterocycles. The molecule has 2 aromatic heterocycles. The van der Waals surface area contributed by atoms with Gasteiger partial charge in [-0.05, 0) is 69.4 Å². The molecule has 49 heavy (non-hydrogen) atoms. The van der Waals surface area contributed by atoms with E-state index in [0.29, 0.717) is 64.7 Å². The third-order valence-corrected chi connectivity index (χ3v) is 9.13. The normalized spacial score (nSPS) is 17.4. The topological polar surface area (TPSA) is 145 Å². The number of nitrogens with one attached hydrogen (secondary N) is 1. The number of halogens is 4. The average molecular weight is 684 g/mol. The molecule has 4 heterocycles. The molecule has 15 heteroatoms. The van der Waals surface area contributed by atoms with Crippen molar-refractivity contribution in [3.63, 3.8) is 0 Å². The van der Waals surface area contributed by atoms with Crippen LogP contribution < -0.4 is 16.0 Å². The highest BCUT2D eigenvalue weighted by Crippen LogP contribution is 2.43. The maximum absolute atomic E-state index is 16.0. The monoisotopic (exact) mass is 683 g/mol. The molecule has 3 aromatic rings. The van der Waals surface area contributed by atoms with Crippen molar-refractivity contribution in [2.75, 3.05) is 38.3 Å². The number of methoxy groups -OCH3 is 1. The van der Waals surface area contributed by atoms with Gasteiger partial charge in [-0.2, -0.15) is 13.2 Å². The zero-order chi connectivity index (χ0) is 35.1. The number of carbonyl (C=O) groups excluding carboxylic acids is 2. The van der Waals surface area contributed by atoms with Crippen LogP contribution in [0.5, 0.6) is 0 Å². The molecule has 260 valence electrons. The van der Waals surface area contributed by atoms with Gasteiger partial charge < -0.3 is 25.4 Å². The Morgan fingerprint density at radius 1 is 1.08 bits per heavy atom. The summed E-state index contributed by atoms with van der Waals surface area (Å²) < 4.78 is 67.1. The minimum absolute atomic E-state index is 0.0217. The van der Waals surface area contributed by atoms with Gasteiger partial charge in [0.1, 0.15) is 28.7 Å². The molecule has 1 saturated carbocycles. The smallest absolute Gasteiger partial charge is 0.382 e. The number of amidine groups is 1. The van der Waals surface area contributed by atoms with Crippen LogP contribution in [0.15, 0.2) is 29.3 Å². The second kappa shape index (κ2) is 13.4. The first-order valence-electron chi connectivity index (χ1n) is 16.1. The summed E-state index contributed by atoms with van der Waals surface area (Å²) in [5.74, 6) is -0.987. The number of piperidine rings is 1. The highest BCUT2D eigenvalue weighted by molar-refractivity contribution is 6.16. The lowest BCUT2D eigenvalue weighted by Gasteiger charge is -2.38. The van der Waals surface area contributed by atoms with Gasteiger partial charge in [-0.15, -0.1) is 0 Å². The lowest BCUT2D eigenvalue weighted by molar-refractivity contribution is -0.141. The number of aryl methyl sites for hydroxylation is 2. The predicted octanol–water partition coefficient (Wildman–Crippen LogP) is 4.30. The summed E-state index contributed by atoms with van der Waals surface area (Å²) >= 11 is 0. The van der Waals surface area contributed by atoms with Gasteiger partial charge in [0.05, 0.1) is 31.9 Å². The first-order valence-corrected chi connectivity index (χ1v) is 16.1. The fourth-order valence-corrected chi connectivity index (χ4v) is 6.55. The van der Waals surface area contributed by atoms with E-state index in [0.717, 1.165) is 18.9 Å². The number of anilines is 1. The number of pyridine rings is 1. The summed E-state index contributed by atoms with van der Waals surface area (Å²) in [6.45, 7) is 4.76. The van der Waals surface area contributed by atoms with Crippen molar-refractivity contribution in [1.82, 2.24) is 20.3 Å². The van der Waals surface area contributed by atoms with Gasteiger partial charge in [-0.3, -0.25) is 14.6 Å². The van der Waals surface area contributed by atoms with Gasteiger partial charge in [0.25, 0.3) is 5.91 Å². The van der Waals surface area contributed by atoms with Gasteiger partial charge in [0.2, 0.25) is 5.91 Å². The lowest BCUT2D eigenvalue weighted by Crippen LogP contribution is -2.49. The van der Waals surface area contributed by atoms with Gasteiger partial charge >= 0.3 is 6.18 Å². The zero-order valence-electron chi connectivity index (χ0n) is 27.4. The molecule has 0 radical (unpaired) electrons. The predicted molar refractivity (Wildman–Crippen MR) is 171 cm³/mol. The van der Waals surface area contributed by atoms with E-state index in [9.17, 15) is 22.8 Å². The van der Waals surface area contributed by atoms with Crippen molar-refractivity contribution in [2.45, 2.75) is 70.2 Å². The molecule has 1 aromatic carbocycles. The SMILES string of the molecule is COCCOCc1c(F)cc(-c2c(C)nc(CC(N)=O)nc2C)cc1N1CCC2(CC1)N=C(c1ccc(C(F)(F)F)nc1C1CC1)NC2=O. The standard InChI is InChI=1S/C34H37F4N7O4/c1-18-29(19(2)41-28(40-18)16-27(39)46)21-14-24(35)23(17-49-13-12-48-3)25(15-21)45-10-8-33(9-11-45)32(47)43-31(44-33)22-6-7-26(34(36,37)38)42-30(22)20-4-5-20/h6-7,14-15,20H,4-5,8-13,16-17H2,1-3H3,(H2,39,46)(H,43,44,47). The number of aromatic nitrogens is 3. The number of rotatable bonds is 11. The molecule has 11 nitrogen and oxygen atoms in total. The van der Waals surface area contributed by atoms with Crippen LogP contribution in [-0.4, -0.2) is 71.6 Å². The quantitative estimate of drug-likeness (QED) is 0.225. The third-order valence-electron chi connectivity index (χ3n) is 9.13. The Labute approximate surface area is 280 Å². The van der Waals surface area contributed by atoms with Gasteiger partial charge in [-0.1, -0.05) is 0 Å². The molecule has 3 N–H and O–H groups in total. The first kappa shape index (κ1) is 34.4. The van der Waals surface area contributed by atoms with Crippen LogP contribution in [0.2, 0.25) is 0 Å². The number of nitrogens with zero attached hydrogens (tertiary/aromatic N) is 5. The van der Waals surface area contributed by atoms with Crippen LogP contribution in [0.25, 0.3) is 11.1 Å². The summed E-state index contributed by atoms with van der Waals surface area (Å²) in [4.78, 5) is 44.5. The molecule has 2 amide bonds. The van der Waals surface area contributed by atoms with Crippen molar-refractivity contribution >= 4 is 23.3 Å². The van der Waals surface area contributed by atoms with Crippen molar-refractivity contribution in [1.29, 1.82) is 0 Å². The average Bonchev–Trinajstić information content (AvgIpc) is 3.83. The summed E-state index contributed by atoms with van der Waals surface area (Å²) in [6, 6.07) is 5.52. The number of benzene rings is 1. The number of hydrogen-bond acceptors (Lipinski definition) is 9. The molecule has 3 aliphatic rings. The van der Waals surface area contributed by atoms with E-state index in [1.807, 2.05) is 11.0 Å². The van der Waals surface area contributed by atoms with Gasteiger partial charge in [0.15, 0.2) is 0 Å². The van der Waals surface area contributed by atoms with Gasteiger partial charge in [-0.25, -0.2) is 19.3 Å². The van der Waals surface area contributed by atoms with Crippen LogP contribution in [-0.2, 0) is 38.3 Å². The second-order valence-electron chi connectivity index (χ2n) is 12.7. The molecule has 6 rings (SSSR count). The number of hydrogen-bond donors (Lipinski definition) is 2. The van der Waals surface area contributed by atoms with E-state index in [1.54, 1.807) is 21.0 Å². The minimum atomic E-state index is -4.58. The van der Waals surface area contributed by atoms with Crippen molar-refractivity contribution in [3.05, 3.63) is 69.8 Å². The summed E-state index contributed by atoms with van der Waals surface area (Å²) in [7, 11) is 1.54. The number of ether oxygens (including phenoxy) is 2. The summed E-state index contributed by atoms with van der Waals surface area (Å²) in [5, 5.41) is 2.82. The Kier molecular flexibility index (Phi) is 9.42. The Morgan fingerprint density at radius 3 is 2.39 bits per heavy atom. The molecule has 2 fully saturated rings. The molecule has 0 bridgehead atoms. The summed E-state index contributed by atoms with van der Waals surface area (Å²) in [5.41, 5.74) is 7.13. The third kappa shape index (κ3) is 7.13. The number of nitrogens with two attached hydrogens (primary N) is 1. The second-order valence-corrected chi connectivity index (χ2v) is 12.7. The number of carbonyl (C=O) groups is 2. The maximum atomic E-state index is 16.0. The van der Waals surface area contributed by atoms with Crippen LogP contribution in [0.3, 0.4) is 0 Å². The molecule has 0 unspecified atom stereocenters. The Hall–Kier alpha value is -4.50. The van der Waals surface area contributed by atoms with E-state index in [2.05, 4.69) is 20.3 Å². The number of alkyl halides is 3. The largest absolute Gasteiger partial charge is 0.433 e. The minimum Gasteiger partial charge on any atom is -0.382 e. The van der Waals surface area contributed by atoms with E-state index in [4.69, 9.17) is 20.2 Å². The van der Waals surface area contributed by atoms with Crippen LogP contribution in [0, 0.1) is 19.7 Å². The molecular weight excluding hydrogens is 646 g/mol. The van der Waals surface area contributed by atoms with Crippen molar-refractivity contribution < 1.29 is 36.6 Å². The number of aliphatic imine (C=N–C) groups is 1. The number of amides is 2. The van der Waals surface area contributed by atoms with Crippen LogP contribution >= 0.6 is 0 Å². The Balaban J connectivity index is 1.30. The lowest BCUT2D eigenvalue weighted by atomic mass is 9.87. The Bertz CT molecular complexity index is 1800. The van der Waals surface area contributed by atoms with E-state index in [1.165, 1.54) is 12.1 Å². The van der Waals surface area contributed by atoms with Crippen molar-refractivity contribution in [2.24, 2.45) is 10.7 Å². The van der Waals surface area contributed by atoms with E-state index >= 15 is 4.39 Å². The highest BCUT2D eigenvalue weighted by atomic mass is 19.4. The molecular formula is C34H37F4N7O4. The van der Waals surface area contributed by atoms with Crippen molar-refractivity contribution in [3.8, 4) is 11.1 Å². The number of primary amides is 1. The molecule has 0 atom stereocenters. The van der Waals surface area contributed by atoms with Crippen LogP contribution in [0.1, 0.15) is 71.3 Å². The highest BCUT2D eigenvalue weighted by Gasteiger charge is 2.47. The molecule has 1 spiro atoms. The summed E-state index contributed by atoms with van der Waals surface area (Å²) in [6.07, 6.45) is -2.69. The Morgan fingerprint density at radius 2 is 1.78 bits per heavy atom. The van der Waals surface area contributed by atoms with E-state index in [-0.39, 0.29) is 56.0 Å². The first-order chi connectivity index (χ1) is 23.3. The van der Waals surface area contributed by atoms with E-state index < -0.39 is 29.1 Å². The molecule has 1 saturated heterocycles. The van der Waals surface area contributed by atoms with Crippen LogP contribution in [0.4, 0.5) is 23.2 Å². The van der Waals surface area contributed by atoms with Gasteiger partial charge in [0, 0.05) is 59.9 Å². The molecule has 1 aliphatic carbocycles. The maximum Gasteiger partial charge on any atom is 0.433 e. The zero-order valence-corrected chi connectivity index (χ0v) is 27.4. The fraction of sp³-hybridized carbons (Fsp3) is 0.471.